The van der Waals surface area contributed by atoms with Crippen LogP contribution in [0.3, 0.4) is 0 Å². The normalized spacial score (nSPS) is 10.7. The fraction of sp³-hybridized carbons (Fsp3) is 0.636. The van der Waals surface area contributed by atoms with Crippen molar-refractivity contribution in [1.82, 2.24) is 4.98 Å². The van der Waals surface area contributed by atoms with E-state index >= 15 is 0 Å². The molecule has 0 radical (unpaired) electrons. The van der Waals surface area contributed by atoms with Gasteiger partial charge in [-0.2, -0.15) is 0 Å². The Morgan fingerprint density at radius 2 is 2.20 bits per heavy atom. The van der Waals surface area contributed by atoms with Gasteiger partial charge in [-0.05, 0) is 25.7 Å². The van der Waals surface area contributed by atoms with Gasteiger partial charge >= 0.3 is 5.97 Å². The Hall–Kier alpha value is -0.900. The minimum Gasteiger partial charge on any atom is -0.465 e. The molecule has 0 N–H and O–H groups in total. The fourth-order valence-corrected chi connectivity index (χ4v) is 2.25. The SMILES string of the molecule is COC(=O)c1sc(CCC(C)C)nc1C. The quantitative estimate of drug-likeness (QED) is 0.742. The summed E-state index contributed by atoms with van der Waals surface area (Å²) in [5.74, 6) is 0.386. The molecular weight excluding hydrogens is 210 g/mol. The maximum absolute atomic E-state index is 11.3. The van der Waals surface area contributed by atoms with Crippen LogP contribution in [0.15, 0.2) is 0 Å². The van der Waals surface area contributed by atoms with E-state index in [4.69, 9.17) is 0 Å². The molecule has 84 valence electrons. The Morgan fingerprint density at radius 1 is 1.53 bits per heavy atom. The smallest absolute Gasteiger partial charge is 0.349 e. The van der Waals surface area contributed by atoms with Gasteiger partial charge in [0.1, 0.15) is 4.88 Å². The van der Waals surface area contributed by atoms with Crippen LogP contribution in [-0.4, -0.2) is 18.1 Å². The minimum atomic E-state index is -0.277. The molecule has 1 heterocycles. The average Bonchev–Trinajstić information content (AvgIpc) is 2.55. The molecule has 4 heteroatoms. The number of hydrogen-bond acceptors (Lipinski definition) is 4. The highest BCUT2D eigenvalue weighted by molar-refractivity contribution is 7.13. The molecule has 0 unspecified atom stereocenters. The number of aryl methyl sites for hydroxylation is 2. The number of carbonyl (C=O) groups excluding carboxylic acids is 1. The Balaban J connectivity index is 2.72. The van der Waals surface area contributed by atoms with Crippen molar-refractivity contribution >= 4 is 17.3 Å². The number of hydrogen-bond donors (Lipinski definition) is 0. The molecule has 0 fully saturated rings. The van der Waals surface area contributed by atoms with Crippen LogP contribution in [-0.2, 0) is 11.2 Å². The van der Waals surface area contributed by atoms with Gasteiger partial charge in [0.25, 0.3) is 0 Å². The number of thiazole rings is 1. The van der Waals surface area contributed by atoms with E-state index in [0.717, 1.165) is 23.5 Å². The Kier molecular flexibility index (Phi) is 4.27. The number of nitrogens with zero attached hydrogens (tertiary/aromatic N) is 1. The molecule has 1 rings (SSSR count). The molecule has 0 bridgehead atoms. The van der Waals surface area contributed by atoms with Crippen LogP contribution in [0.1, 0.15) is 40.6 Å². The van der Waals surface area contributed by atoms with Crippen LogP contribution in [0.5, 0.6) is 0 Å². The van der Waals surface area contributed by atoms with Gasteiger partial charge in [-0.1, -0.05) is 13.8 Å². The zero-order chi connectivity index (χ0) is 11.4. The first-order chi connectivity index (χ1) is 7.04. The molecule has 15 heavy (non-hydrogen) atoms. The monoisotopic (exact) mass is 227 g/mol. The van der Waals surface area contributed by atoms with Gasteiger partial charge in [-0.3, -0.25) is 0 Å². The van der Waals surface area contributed by atoms with Gasteiger partial charge in [-0.15, -0.1) is 11.3 Å². The van der Waals surface area contributed by atoms with Crippen LogP contribution < -0.4 is 0 Å². The predicted molar refractivity (Wildman–Crippen MR) is 61.3 cm³/mol. The number of methoxy groups -OCH3 is 1. The molecule has 0 atom stereocenters. The van der Waals surface area contributed by atoms with Crippen molar-refractivity contribution in [3.8, 4) is 0 Å². The molecule has 1 aromatic heterocycles. The first-order valence-corrected chi connectivity index (χ1v) is 5.90. The van der Waals surface area contributed by atoms with Crippen LogP contribution >= 0.6 is 11.3 Å². The standard InChI is InChI=1S/C11H17NO2S/c1-7(2)5-6-9-12-8(3)10(15-9)11(13)14-4/h7H,5-6H2,1-4H3. The van der Waals surface area contributed by atoms with Crippen LogP contribution in [0, 0.1) is 12.8 Å². The summed E-state index contributed by atoms with van der Waals surface area (Å²) in [6.45, 7) is 6.21. The van der Waals surface area contributed by atoms with E-state index in [1.54, 1.807) is 0 Å². The lowest BCUT2D eigenvalue weighted by Gasteiger charge is -1.99. The summed E-state index contributed by atoms with van der Waals surface area (Å²) in [5.41, 5.74) is 0.783. The summed E-state index contributed by atoms with van der Waals surface area (Å²) in [7, 11) is 1.40. The van der Waals surface area contributed by atoms with E-state index in [2.05, 4.69) is 23.6 Å². The molecule has 0 aliphatic rings. The number of ether oxygens (including phenoxy) is 1. The third kappa shape index (κ3) is 3.30. The van der Waals surface area contributed by atoms with E-state index in [-0.39, 0.29) is 5.97 Å². The Bertz CT molecular complexity index is 344. The summed E-state index contributed by atoms with van der Waals surface area (Å²) in [6, 6.07) is 0. The van der Waals surface area contributed by atoms with Crippen molar-refractivity contribution in [2.45, 2.75) is 33.6 Å². The van der Waals surface area contributed by atoms with E-state index in [9.17, 15) is 4.79 Å². The van der Waals surface area contributed by atoms with Gasteiger partial charge in [0.15, 0.2) is 0 Å². The molecule has 0 spiro atoms. The van der Waals surface area contributed by atoms with Gasteiger partial charge in [0.05, 0.1) is 17.8 Å². The first-order valence-electron chi connectivity index (χ1n) is 5.09. The Labute approximate surface area is 94.5 Å². The van der Waals surface area contributed by atoms with Gasteiger partial charge in [0.2, 0.25) is 0 Å². The zero-order valence-electron chi connectivity index (χ0n) is 9.66. The molecular formula is C11H17NO2S. The molecule has 0 aromatic carbocycles. The van der Waals surface area contributed by atoms with Crippen molar-refractivity contribution in [3.05, 3.63) is 15.6 Å². The largest absolute Gasteiger partial charge is 0.465 e. The van der Waals surface area contributed by atoms with Crippen molar-refractivity contribution in [2.75, 3.05) is 7.11 Å². The highest BCUT2D eigenvalue weighted by Gasteiger charge is 2.15. The topological polar surface area (TPSA) is 39.2 Å². The number of rotatable bonds is 4. The molecule has 0 aliphatic heterocycles. The van der Waals surface area contributed by atoms with Crippen molar-refractivity contribution in [1.29, 1.82) is 0 Å². The second-order valence-electron chi connectivity index (χ2n) is 3.95. The first kappa shape index (κ1) is 12.2. The summed E-state index contributed by atoms with van der Waals surface area (Å²) in [6.07, 6.45) is 2.05. The highest BCUT2D eigenvalue weighted by Crippen LogP contribution is 2.21. The summed E-state index contributed by atoms with van der Waals surface area (Å²) < 4.78 is 4.69. The number of carbonyl (C=O) groups is 1. The minimum absolute atomic E-state index is 0.277. The third-order valence-corrected chi connectivity index (χ3v) is 3.34. The fourth-order valence-electron chi connectivity index (χ4n) is 1.25. The van der Waals surface area contributed by atoms with Crippen molar-refractivity contribution < 1.29 is 9.53 Å². The molecule has 0 aliphatic carbocycles. The zero-order valence-corrected chi connectivity index (χ0v) is 10.5. The number of aromatic nitrogens is 1. The molecule has 0 amide bonds. The molecule has 0 saturated carbocycles. The van der Waals surface area contributed by atoms with Crippen molar-refractivity contribution in [2.24, 2.45) is 5.92 Å². The van der Waals surface area contributed by atoms with Crippen molar-refractivity contribution in [3.63, 3.8) is 0 Å². The highest BCUT2D eigenvalue weighted by atomic mass is 32.1. The van der Waals surface area contributed by atoms with E-state index in [1.165, 1.54) is 18.4 Å². The second-order valence-corrected chi connectivity index (χ2v) is 5.03. The summed E-state index contributed by atoms with van der Waals surface area (Å²) in [4.78, 5) is 16.3. The summed E-state index contributed by atoms with van der Waals surface area (Å²) in [5, 5.41) is 1.03. The Morgan fingerprint density at radius 3 is 2.73 bits per heavy atom. The molecule has 0 saturated heterocycles. The van der Waals surface area contributed by atoms with Crippen LogP contribution in [0.25, 0.3) is 0 Å². The lowest BCUT2D eigenvalue weighted by molar-refractivity contribution is 0.0605. The number of esters is 1. The molecule has 3 nitrogen and oxygen atoms in total. The van der Waals surface area contributed by atoms with E-state index in [0.29, 0.717) is 10.8 Å². The third-order valence-electron chi connectivity index (χ3n) is 2.15. The second kappa shape index (κ2) is 5.26. The van der Waals surface area contributed by atoms with Crippen LogP contribution in [0.2, 0.25) is 0 Å². The van der Waals surface area contributed by atoms with E-state index in [1.807, 2.05) is 6.92 Å². The lowest BCUT2D eigenvalue weighted by Crippen LogP contribution is -1.99. The maximum Gasteiger partial charge on any atom is 0.349 e. The molecule has 1 aromatic rings. The van der Waals surface area contributed by atoms with E-state index < -0.39 is 0 Å². The van der Waals surface area contributed by atoms with Crippen LogP contribution in [0.4, 0.5) is 0 Å². The van der Waals surface area contributed by atoms with Gasteiger partial charge in [0, 0.05) is 0 Å². The average molecular weight is 227 g/mol. The summed E-state index contributed by atoms with van der Waals surface area (Å²) >= 11 is 1.45. The van der Waals surface area contributed by atoms with Gasteiger partial charge in [-0.25, -0.2) is 9.78 Å². The lowest BCUT2D eigenvalue weighted by atomic mass is 10.1. The predicted octanol–water partition coefficient (Wildman–Crippen LogP) is 2.83. The van der Waals surface area contributed by atoms with Gasteiger partial charge < -0.3 is 4.74 Å². The maximum atomic E-state index is 11.3.